The molecule has 0 aliphatic rings. The molecule has 0 spiro atoms. The van der Waals surface area contributed by atoms with Gasteiger partial charge in [0.15, 0.2) is 10.4 Å². The van der Waals surface area contributed by atoms with Crippen molar-refractivity contribution in [3.05, 3.63) is 38.8 Å². The van der Waals surface area contributed by atoms with E-state index >= 15 is 0 Å². The molecule has 0 saturated carbocycles. The fourth-order valence-corrected chi connectivity index (χ4v) is 3.58. The van der Waals surface area contributed by atoms with Gasteiger partial charge in [0.2, 0.25) is 5.88 Å². The molecule has 0 atom stereocenters. The van der Waals surface area contributed by atoms with Gasteiger partial charge in [-0.25, -0.2) is 4.98 Å². The zero-order valence-electron chi connectivity index (χ0n) is 11.8. The van der Waals surface area contributed by atoms with Gasteiger partial charge in [0.1, 0.15) is 11.8 Å². The van der Waals surface area contributed by atoms with E-state index < -0.39 is 0 Å². The van der Waals surface area contributed by atoms with Gasteiger partial charge in [-0.05, 0) is 59.2 Å². The molecular formula is C14H13BrN4OS. The molecule has 0 fully saturated rings. The maximum atomic E-state index is 5.46. The normalized spacial score (nSPS) is 11.0. The number of halogens is 1. The van der Waals surface area contributed by atoms with Crippen LogP contribution in [0.3, 0.4) is 0 Å². The maximum Gasteiger partial charge on any atom is 0.242 e. The van der Waals surface area contributed by atoms with Crippen molar-refractivity contribution in [1.29, 1.82) is 0 Å². The highest BCUT2D eigenvalue weighted by atomic mass is 79.9. The second-order valence-electron chi connectivity index (χ2n) is 4.76. The van der Waals surface area contributed by atoms with Gasteiger partial charge in [0.25, 0.3) is 0 Å². The lowest BCUT2D eigenvalue weighted by molar-refractivity contribution is 0.401. The maximum absolute atomic E-state index is 5.46. The Labute approximate surface area is 135 Å². The predicted molar refractivity (Wildman–Crippen MR) is 87.8 cm³/mol. The van der Waals surface area contributed by atoms with E-state index in [9.17, 15) is 0 Å². The number of fused-ring (bicyclic) bond motifs is 1. The second-order valence-corrected chi connectivity index (χ2v) is 6.00. The number of imidazole rings is 1. The van der Waals surface area contributed by atoms with Crippen LogP contribution < -0.4 is 4.74 Å². The minimum Gasteiger partial charge on any atom is -0.479 e. The largest absolute Gasteiger partial charge is 0.479 e. The molecule has 0 aliphatic carbocycles. The van der Waals surface area contributed by atoms with E-state index in [1.807, 2.05) is 11.5 Å². The Balaban J connectivity index is 2.42. The Hall–Kier alpha value is -1.73. The molecule has 0 radical (unpaired) electrons. The molecule has 2 aromatic heterocycles. The summed E-state index contributed by atoms with van der Waals surface area (Å²) >= 11 is 9.08. The zero-order chi connectivity index (χ0) is 15.1. The van der Waals surface area contributed by atoms with Crippen LogP contribution in [0.1, 0.15) is 11.1 Å². The van der Waals surface area contributed by atoms with Gasteiger partial charge >= 0.3 is 0 Å². The Morgan fingerprint density at radius 2 is 2.05 bits per heavy atom. The monoisotopic (exact) mass is 364 g/mol. The van der Waals surface area contributed by atoms with Crippen molar-refractivity contribution in [2.24, 2.45) is 0 Å². The molecule has 0 saturated heterocycles. The zero-order valence-corrected chi connectivity index (χ0v) is 14.2. The Bertz CT molecular complexity index is 877. The molecule has 0 amide bonds. The van der Waals surface area contributed by atoms with Crippen molar-refractivity contribution in [2.75, 3.05) is 7.11 Å². The lowest BCUT2D eigenvalue weighted by Gasteiger charge is -2.11. The van der Waals surface area contributed by atoms with Crippen molar-refractivity contribution in [1.82, 2.24) is 19.5 Å². The summed E-state index contributed by atoms with van der Waals surface area (Å²) in [5.41, 5.74) is 4.65. The summed E-state index contributed by atoms with van der Waals surface area (Å²) in [6.45, 7) is 4.10. The number of methoxy groups -OCH3 is 1. The standard InChI is InChI=1S/C14H13BrN4OS/c1-7-4-8(2)11(9(15)5-7)19-12-10(18-14(19)21)13(20-3)17-6-16-12/h4-6H,1-3H3,(H,18,21). The van der Waals surface area contributed by atoms with Crippen LogP contribution in [-0.2, 0) is 0 Å². The van der Waals surface area contributed by atoms with Gasteiger partial charge in [-0.15, -0.1) is 0 Å². The fourth-order valence-electron chi connectivity index (χ4n) is 2.45. The molecule has 0 bridgehead atoms. The summed E-state index contributed by atoms with van der Waals surface area (Å²) in [4.78, 5) is 11.6. The van der Waals surface area contributed by atoms with Crippen LogP contribution in [-0.4, -0.2) is 26.6 Å². The Morgan fingerprint density at radius 1 is 1.29 bits per heavy atom. The minimum atomic E-state index is 0.478. The highest BCUT2D eigenvalue weighted by molar-refractivity contribution is 9.10. The first kappa shape index (κ1) is 14.2. The highest BCUT2D eigenvalue weighted by Gasteiger charge is 2.16. The molecule has 21 heavy (non-hydrogen) atoms. The van der Waals surface area contributed by atoms with Crippen LogP contribution in [0.25, 0.3) is 16.9 Å². The van der Waals surface area contributed by atoms with Gasteiger partial charge in [-0.2, -0.15) is 4.98 Å². The van der Waals surface area contributed by atoms with Crippen LogP contribution in [0.5, 0.6) is 5.88 Å². The molecule has 7 heteroatoms. The number of hydrogen-bond donors (Lipinski definition) is 1. The van der Waals surface area contributed by atoms with Gasteiger partial charge in [0.05, 0.1) is 12.8 Å². The van der Waals surface area contributed by atoms with E-state index in [1.165, 1.54) is 11.9 Å². The number of nitrogens with one attached hydrogen (secondary N) is 1. The number of ether oxygens (including phenoxy) is 1. The third kappa shape index (κ3) is 2.26. The van der Waals surface area contributed by atoms with E-state index in [0.29, 0.717) is 21.8 Å². The number of hydrogen-bond acceptors (Lipinski definition) is 4. The molecule has 2 heterocycles. The van der Waals surface area contributed by atoms with E-state index in [2.05, 4.69) is 49.9 Å². The molecule has 0 aliphatic heterocycles. The summed E-state index contributed by atoms with van der Waals surface area (Å²) in [5.74, 6) is 0.478. The SMILES string of the molecule is COc1ncnc2c1[nH]c(=S)n2-c1c(C)cc(C)cc1Br. The van der Waals surface area contributed by atoms with Crippen molar-refractivity contribution in [3.8, 4) is 11.6 Å². The molecule has 0 unspecified atom stereocenters. The third-order valence-electron chi connectivity index (χ3n) is 3.25. The van der Waals surface area contributed by atoms with Crippen LogP contribution in [0, 0.1) is 18.6 Å². The first-order valence-corrected chi connectivity index (χ1v) is 7.50. The van der Waals surface area contributed by atoms with Crippen LogP contribution in [0.15, 0.2) is 22.9 Å². The summed E-state index contributed by atoms with van der Waals surface area (Å²) in [5, 5.41) is 0. The van der Waals surface area contributed by atoms with Gasteiger partial charge in [-0.3, -0.25) is 4.57 Å². The number of aromatic nitrogens is 4. The van der Waals surface area contributed by atoms with E-state index in [4.69, 9.17) is 17.0 Å². The molecule has 108 valence electrons. The number of H-pyrrole nitrogens is 1. The van der Waals surface area contributed by atoms with Crippen molar-refractivity contribution in [2.45, 2.75) is 13.8 Å². The fraction of sp³-hybridized carbons (Fsp3) is 0.214. The summed E-state index contributed by atoms with van der Waals surface area (Å²) in [7, 11) is 1.57. The summed E-state index contributed by atoms with van der Waals surface area (Å²) in [6.07, 6.45) is 1.47. The van der Waals surface area contributed by atoms with Crippen LogP contribution >= 0.6 is 28.1 Å². The Morgan fingerprint density at radius 3 is 2.71 bits per heavy atom. The van der Waals surface area contributed by atoms with Crippen LogP contribution in [0.4, 0.5) is 0 Å². The van der Waals surface area contributed by atoms with E-state index in [-0.39, 0.29) is 0 Å². The topological polar surface area (TPSA) is 55.7 Å². The van der Waals surface area contributed by atoms with Gasteiger partial charge in [0, 0.05) is 4.47 Å². The minimum absolute atomic E-state index is 0.478. The van der Waals surface area contributed by atoms with Crippen molar-refractivity contribution >= 4 is 39.3 Å². The van der Waals surface area contributed by atoms with Crippen molar-refractivity contribution < 1.29 is 4.74 Å². The van der Waals surface area contributed by atoms with E-state index in [0.717, 1.165) is 15.7 Å². The summed E-state index contributed by atoms with van der Waals surface area (Å²) in [6, 6.07) is 4.17. The van der Waals surface area contributed by atoms with Gasteiger partial charge < -0.3 is 9.72 Å². The lowest BCUT2D eigenvalue weighted by Crippen LogP contribution is -2.01. The highest BCUT2D eigenvalue weighted by Crippen LogP contribution is 2.30. The smallest absolute Gasteiger partial charge is 0.242 e. The number of rotatable bonds is 2. The molecule has 5 nitrogen and oxygen atoms in total. The molecule has 1 aromatic carbocycles. The van der Waals surface area contributed by atoms with Gasteiger partial charge in [-0.1, -0.05) is 6.07 Å². The van der Waals surface area contributed by atoms with Crippen molar-refractivity contribution in [3.63, 3.8) is 0 Å². The molecular weight excluding hydrogens is 352 g/mol. The second kappa shape index (κ2) is 5.23. The molecule has 3 rings (SSSR count). The number of nitrogens with zero attached hydrogens (tertiary/aromatic N) is 3. The first-order valence-electron chi connectivity index (χ1n) is 6.29. The Kier molecular flexibility index (Phi) is 3.54. The number of aryl methyl sites for hydroxylation is 2. The number of aromatic amines is 1. The van der Waals surface area contributed by atoms with E-state index in [1.54, 1.807) is 7.11 Å². The predicted octanol–water partition coefficient (Wildman–Crippen LogP) is 3.87. The summed E-state index contributed by atoms with van der Waals surface area (Å²) < 4.78 is 8.67. The molecule has 1 N–H and O–H groups in total. The average Bonchev–Trinajstić information content (AvgIpc) is 2.74. The quantitative estimate of drug-likeness (QED) is 0.701. The number of benzene rings is 1. The van der Waals surface area contributed by atoms with Crippen LogP contribution in [0.2, 0.25) is 0 Å². The lowest BCUT2D eigenvalue weighted by atomic mass is 10.1. The first-order chi connectivity index (χ1) is 10.0. The molecule has 3 aromatic rings. The third-order valence-corrected chi connectivity index (χ3v) is 4.14. The average molecular weight is 365 g/mol.